The molecule has 0 bridgehead atoms. The monoisotopic (exact) mass is 339 g/mol. The van der Waals surface area contributed by atoms with Gasteiger partial charge in [-0.2, -0.15) is 0 Å². The third-order valence-corrected chi connectivity index (χ3v) is 4.09. The number of para-hydroxylation sites is 2. The van der Waals surface area contributed by atoms with Crippen LogP contribution in [0.4, 0.5) is 0 Å². The predicted octanol–water partition coefficient (Wildman–Crippen LogP) is 3.43. The molecule has 2 aromatic carbocycles. The van der Waals surface area contributed by atoms with E-state index in [9.17, 15) is 9.59 Å². The van der Waals surface area contributed by atoms with Gasteiger partial charge in [0.1, 0.15) is 0 Å². The SMILES string of the molecule is CCOc1ccccc1OC(=O)c1ccc(CN2CCCC2=O)cc1. The van der Waals surface area contributed by atoms with Crippen molar-refractivity contribution in [3.05, 3.63) is 59.7 Å². The Hall–Kier alpha value is -2.82. The molecule has 0 N–H and O–H groups in total. The van der Waals surface area contributed by atoms with Crippen LogP contribution in [0.1, 0.15) is 35.7 Å². The fraction of sp³-hybridized carbons (Fsp3) is 0.300. The number of hydrogen-bond acceptors (Lipinski definition) is 4. The van der Waals surface area contributed by atoms with Crippen LogP contribution in [0.2, 0.25) is 0 Å². The molecule has 0 aliphatic carbocycles. The molecule has 5 heteroatoms. The summed E-state index contributed by atoms with van der Waals surface area (Å²) in [5.41, 5.74) is 1.46. The number of ether oxygens (including phenoxy) is 2. The van der Waals surface area contributed by atoms with Gasteiger partial charge in [-0.25, -0.2) is 4.79 Å². The van der Waals surface area contributed by atoms with Crippen LogP contribution in [0.5, 0.6) is 11.5 Å². The van der Waals surface area contributed by atoms with Crippen LogP contribution in [0.15, 0.2) is 48.5 Å². The molecular formula is C20H21NO4. The van der Waals surface area contributed by atoms with E-state index in [0.717, 1.165) is 18.5 Å². The summed E-state index contributed by atoms with van der Waals surface area (Å²) >= 11 is 0. The number of benzene rings is 2. The van der Waals surface area contributed by atoms with Crippen LogP contribution in [0.25, 0.3) is 0 Å². The molecule has 2 aromatic rings. The summed E-state index contributed by atoms with van der Waals surface area (Å²) in [5, 5.41) is 0. The van der Waals surface area contributed by atoms with E-state index in [1.807, 2.05) is 30.0 Å². The Labute approximate surface area is 147 Å². The highest BCUT2D eigenvalue weighted by atomic mass is 16.6. The highest BCUT2D eigenvalue weighted by Crippen LogP contribution is 2.27. The zero-order chi connectivity index (χ0) is 17.6. The van der Waals surface area contributed by atoms with Crippen LogP contribution >= 0.6 is 0 Å². The van der Waals surface area contributed by atoms with Crippen molar-refractivity contribution >= 4 is 11.9 Å². The zero-order valence-electron chi connectivity index (χ0n) is 14.2. The summed E-state index contributed by atoms with van der Waals surface area (Å²) in [6.45, 7) is 3.76. The minimum atomic E-state index is -0.434. The number of amides is 1. The first kappa shape index (κ1) is 17.0. The molecule has 25 heavy (non-hydrogen) atoms. The normalized spacial score (nSPS) is 13.8. The van der Waals surface area contributed by atoms with Gasteiger partial charge in [-0.15, -0.1) is 0 Å². The molecule has 130 valence electrons. The van der Waals surface area contributed by atoms with Crippen molar-refractivity contribution in [2.45, 2.75) is 26.3 Å². The molecule has 1 fully saturated rings. The van der Waals surface area contributed by atoms with E-state index in [-0.39, 0.29) is 5.91 Å². The average Bonchev–Trinajstić information content (AvgIpc) is 3.02. The standard InChI is InChI=1S/C20H21NO4/c1-2-24-17-6-3-4-7-18(17)25-20(23)16-11-9-15(10-12-16)14-21-13-5-8-19(21)22/h3-4,6-7,9-12H,2,5,8,13-14H2,1H3. The molecule has 1 heterocycles. The van der Waals surface area contributed by atoms with E-state index in [1.54, 1.807) is 30.3 Å². The molecule has 0 unspecified atom stereocenters. The van der Waals surface area contributed by atoms with Crippen molar-refractivity contribution in [1.29, 1.82) is 0 Å². The van der Waals surface area contributed by atoms with Crippen LogP contribution < -0.4 is 9.47 Å². The second-order valence-corrected chi connectivity index (χ2v) is 5.89. The van der Waals surface area contributed by atoms with Gasteiger partial charge in [0, 0.05) is 19.5 Å². The largest absolute Gasteiger partial charge is 0.490 e. The summed E-state index contributed by atoms with van der Waals surface area (Å²) in [6.07, 6.45) is 1.55. The second kappa shape index (κ2) is 7.83. The van der Waals surface area contributed by atoms with E-state index in [0.29, 0.717) is 36.6 Å². The van der Waals surface area contributed by atoms with Gasteiger partial charge in [-0.05, 0) is 43.2 Å². The van der Waals surface area contributed by atoms with Crippen molar-refractivity contribution < 1.29 is 19.1 Å². The number of esters is 1. The van der Waals surface area contributed by atoms with E-state index in [1.165, 1.54) is 0 Å². The van der Waals surface area contributed by atoms with Gasteiger partial charge >= 0.3 is 5.97 Å². The first-order chi connectivity index (χ1) is 12.2. The Bertz CT molecular complexity index is 755. The fourth-order valence-electron chi connectivity index (χ4n) is 2.81. The molecule has 1 saturated heterocycles. The molecule has 1 amide bonds. The van der Waals surface area contributed by atoms with Gasteiger partial charge < -0.3 is 14.4 Å². The molecule has 3 rings (SSSR count). The molecule has 0 atom stereocenters. The molecular weight excluding hydrogens is 318 g/mol. The highest BCUT2D eigenvalue weighted by molar-refractivity contribution is 5.91. The van der Waals surface area contributed by atoms with E-state index >= 15 is 0 Å². The summed E-state index contributed by atoms with van der Waals surface area (Å²) in [4.78, 5) is 25.9. The third kappa shape index (κ3) is 4.18. The highest BCUT2D eigenvalue weighted by Gasteiger charge is 2.20. The maximum absolute atomic E-state index is 12.3. The quantitative estimate of drug-likeness (QED) is 0.598. The molecule has 0 aromatic heterocycles. The van der Waals surface area contributed by atoms with Gasteiger partial charge in [0.05, 0.1) is 12.2 Å². The van der Waals surface area contributed by atoms with E-state index < -0.39 is 5.97 Å². The number of carbonyl (C=O) groups excluding carboxylic acids is 2. The Kier molecular flexibility index (Phi) is 5.33. The fourth-order valence-corrected chi connectivity index (χ4v) is 2.81. The van der Waals surface area contributed by atoms with Crippen LogP contribution in [0.3, 0.4) is 0 Å². The Morgan fingerprint density at radius 3 is 2.44 bits per heavy atom. The summed E-state index contributed by atoms with van der Waals surface area (Å²) in [6, 6.07) is 14.3. The summed E-state index contributed by atoms with van der Waals surface area (Å²) < 4.78 is 10.9. The molecule has 0 spiro atoms. The number of nitrogens with zero attached hydrogens (tertiary/aromatic N) is 1. The van der Waals surface area contributed by atoms with Gasteiger partial charge in [0.2, 0.25) is 5.91 Å². The molecule has 5 nitrogen and oxygen atoms in total. The number of hydrogen-bond donors (Lipinski definition) is 0. The first-order valence-electron chi connectivity index (χ1n) is 8.48. The van der Waals surface area contributed by atoms with Gasteiger partial charge in [0.25, 0.3) is 0 Å². The predicted molar refractivity (Wildman–Crippen MR) is 93.7 cm³/mol. The Balaban J connectivity index is 1.66. The number of rotatable bonds is 6. The number of likely N-dealkylation sites (tertiary alicyclic amines) is 1. The van der Waals surface area contributed by atoms with Crippen LogP contribution in [-0.2, 0) is 11.3 Å². The third-order valence-electron chi connectivity index (χ3n) is 4.09. The first-order valence-corrected chi connectivity index (χ1v) is 8.48. The van der Waals surface area contributed by atoms with E-state index in [2.05, 4.69) is 0 Å². The van der Waals surface area contributed by atoms with Crippen molar-refractivity contribution in [3.8, 4) is 11.5 Å². The number of carbonyl (C=O) groups is 2. The Morgan fingerprint density at radius 2 is 1.80 bits per heavy atom. The lowest BCUT2D eigenvalue weighted by Crippen LogP contribution is -2.23. The van der Waals surface area contributed by atoms with Crippen molar-refractivity contribution in [2.24, 2.45) is 0 Å². The van der Waals surface area contributed by atoms with Crippen molar-refractivity contribution in [2.75, 3.05) is 13.2 Å². The lowest BCUT2D eigenvalue weighted by molar-refractivity contribution is -0.128. The topological polar surface area (TPSA) is 55.8 Å². The minimum Gasteiger partial charge on any atom is -0.490 e. The van der Waals surface area contributed by atoms with Gasteiger partial charge in [-0.1, -0.05) is 24.3 Å². The van der Waals surface area contributed by atoms with Crippen molar-refractivity contribution in [1.82, 2.24) is 4.90 Å². The molecule has 0 saturated carbocycles. The average molecular weight is 339 g/mol. The van der Waals surface area contributed by atoms with Crippen molar-refractivity contribution in [3.63, 3.8) is 0 Å². The summed E-state index contributed by atoms with van der Waals surface area (Å²) in [5.74, 6) is 0.704. The summed E-state index contributed by atoms with van der Waals surface area (Å²) in [7, 11) is 0. The lowest BCUT2D eigenvalue weighted by Gasteiger charge is -2.15. The maximum Gasteiger partial charge on any atom is 0.343 e. The Morgan fingerprint density at radius 1 is 1.08 bits per heavy atom. The van der Waals surface area contributed by atoms with Gasteiger partial charge in [0.15, 0.2) is 11.5 Å². The maximum atomic E-state index is 12.3. The zero-order valence-corrected chi connectivity index (χ0v) is 14.2. The van der Waals surface area contributed by atoms with Gasteiger partial charge in [-0.3, -0.25) is 4.79 Å². The minimum absolute atomic E-state index is 0.191. The molecule has 1 aliphatic rings. The van der Waals surface area contributed by atoms with Crippen LogP contribution in [0, 0.1) is 0 Å². The smallest absolute Gasteiger partial charge is 0.343 e. The molecule has 0 radical (unpaired) electrons. The van der Waals surface area contributed by atoms with Crippen LogP contribution in [-0.4, -0.2) is 29.9 Å². The lowest BCUT2D eigenvalue weighted by atomic mass is 10.1. The van der Waals surface area contributed by atoms with E-state index in [4.69, 9.17) is 9.47 Å². The second-order valence-electron chi connectivity index (χ2n) is 5.89. The molecule has 1 aliphatic heterocycles.